The number of halogens is 2. The summed E-state index contributed by atoms with van der Waals surface area (Å²) in [5.74, 6) is -6.46. The number of carbonyl (C=O) groups is 4. The largest absolute Gasteiger partial charge is 0.504 e. The maximum absolute atomic E-state index is 13.9. The molecule has 11 heteroatoms. The van der Waals surface area contributed by atoms with E-state index >= 15 is 0 Å². The minimum Gasteiger partial charge on any atom is -0.504 e. The molecule has 1 atom stereocenters. The molecule has 174 valence electrons. The molecule has 3 aliphatic rings. The standard InChI is InChI=1S/C22H22F2N4O5/c1-10(2)27-9-28-17-13(8-26(3)22(28)33)15(18(29)19(30)16(17)21(27)32)20(31)25-7-11-4-5-12(23)6-14(11)24/h4-6,10,15,30H,7-9H2,1-3H3,(H,25,31). The van der Waals surface area contributed by atoms with Gasteiger partial charge in [-0.3, -0.25) is 19.3 Å². The predicted molar refractivity (Wildman–Crippen MR) is 110 cm³/mol. The summed E-state index contributed by atoms with van der Waals surface area (Å²) in [6, 6.07) is 2.12. The number of likely N-dealkylation sites (N-methyl/N-ethyl adjacent to an activating group) is 1. The number of carbonyl (C=O) groups excluding carboxylic acids is 4. The molecule has 0 aromatic heterocycles. The summed E-state index contributed by atoms with van der Waals surface area (Å²) in [7, 11) is 1.49. The van der Waals surface area contributed by atoms with Crippen LogP contribution in [0.1, 0.15) is 19.4 Å². The van der Waals surface area contributed by atoms with Crippen molar-refractivity contribution in [3.05, 3.63) is 58.0 Å². The van der Waals surface area contributed by atoms with Crippen LogP contribution < -0.4 is 5.32 Å². The second-order valence-electron chi connectivity index (χ2n) is 8.43. The summed E-state index contributed by atoms with van der Waals surface area (Å²) in [6.07, 6.45) is 0. The highest BCUT2D eigenvalue weighted by Crippen LogP contribution is 2.41. The van der Waals surface area contributed by atoms with Gasteiger partial charge in [0.1, 0.15) is 29.8 Å². The Hall–Kier alpha value is -3.76. The Labute approximate surface area is 187 Å². The molecule has 2 N–H and O–H groups in total. The van der Waals surface area contributed by atoms with Crippen LogP contribution in [0.2, 0.25) is 0 Å². The van der Waals surface area contributed by atoms with Gasteiger partial charge in [0.15, 0.2) is 5.76 Å². The zero-order valence-corrected chi connectivity index (χ0v) is 18.2. The molecule has 1 aromatic rings. The first-order chi connectivity index (χ1) is 15.5. The highest BCUT2D eigenvalue weighted by molar-refractivity contribution is 6.18. The van der Waals surface area contributed by atoms with Crippen LogP contribution in [-0.2, 0) is 20.9 Å². The van der Waals surface area contributed by atoms with E-state index in [-0.39, 0.29) is 48.2 Å². The van der Waals surface area contributed by atoms with E-state index in [2.05, 4.69) is 5.32 Å². The molecule has 1 aromatic carbocycles. The Bertz CT molecular complexity index is 1160. The molecule has 1 saturated heterocycles. The number of hydrogen-bond acceptors (Lipinski definition) is 5. The summed E-state index contributed by atoms with van der Waals surface area (Å²) >= 11 is 0. The van der Waals surface area contributed by atoms with E-state index in [1.807, 2.05) is 0 Å². The zero-order chi connectivity index (χ0) is 24.2. The Balaban J connectivity index is 1.72. The lowest BCUT2D eigenvalue weighted by Crippen LogP contribution is -2.61. The van der Waals surface area contributed by atoms with Gasteiger partial charge in [-0.2, -0.15) is 0 Å². The second kappa shape index (κ2) is 7.98. The lowest BCUT2D eigenvalue weighted by molar-refractivity contribution is -0.137. The van der Waals surface area contributed by atoms with Gasteiger partial charge in [-0.25, -0.2) is 13.6 Å². The number of urea groups is 1. The first kappa shape index (κ1) is 22.4. The number of Topliss-reactive ketones (excluding diaryl/α,β-unsaturated/α-hetero) is 1. The van der Waals surface area contributed by atoms with Gasteiger partial charge in [-0.15, -0.1) is 0 Å². The van der Waals surface area contributed by atoms with Crippen molar-refractivity contribution in [2.45, 2.75) is 26.4 Å². The van der Waals surface area contributed by atoms with Crippen LogP contribution >= 0.6 is 0 Å². The zero-order valence-electron chi connectivity index (χ0n) is 18.2. The molecule has 1 aliphatic carbocycles. The SMILES string of the molecule is CC(C)N1CN2C(=O)N(C)CC3=C2C(=C(O)C(=O)C3C(=O)NCc2ccc(F)cc2F)C1=O. The molecule has 4 amide bonds. The maximum atomic E-state index is 13.9. The van der Waals surface area contributed by atoms with E-state index < -0.39 is 46.9 Å². The number of aliphatic hydroxyl groups excluding tert-OH is 1. The van der Waals surface area contributed by atoms with Crippen molar-refractivity contribution in [1.82, 2.24) is 20.0 Å². The topological polar surface area (TPSA) is 110 Å². The normalized spacial score (nSPS) is 20.7. The van der Waals surface area contributed by atoms with Crippen LogP contribution in [0.3, 0.4) is 0 Å². The van der Waals surface area contributed by atoms with E-state index in [0.717, 1.165) is 6.07 Å². The number of ketones is 1. The Kier molecular flexibility index (Phi) is 5.43. The van der Waals surface area contributed by atoms with Gasteiger partial charge in [0, 0.05) is 37.8 Å². The Morgan fingerprint density at radius 3 is 2.58 bits per heavy atom. The third-order valence-electron chi connectivity index (χ3n) is 5.98. The van der Waals surface area contributed by atoms with Gasteiger partial charge in [0.05, 0.1) is 5.70 Å². The fourth-order valence-corrected chi connectivity index (χ4v) is 4.25. The Morgan fingerprint density at radius 2 is 1.94 bits per heavy atom. The van der Waals surface area contributed by atoms with E-state index in [4.69, 9.17) is 0 Å². The van der Waals surface area contributed by atoms with Crippen LogP contribution in [-0.4, -0.2) is 69.7 Å². The molecule has 0 bridgehead atoms. The molecule has 33 heavy (non-hydrogen) atoms. The van der Waals surface area contributed by atoms with E-state index in [1.54, 1.807) is 13.8 Å². The molecule has 0 radical (unpaired) electrons. The van der Waals surface area contributed by atoms with Crippen molar-refractivity contribution in [3.8, 4) is 0 Å². The maximum Gasteiger partial charge on any atom is 0.326 e. The fraction of sp³-hybridized carbons (Fsp3) is 0.364. The number of allylic oxidation sites excluding steroid dienone is 1. The highest BCUT2D eigenvalue weighted by atomic mass is 19.1. The van der Waals surface area contributed by atoms with Crippen molar-refractivity contribution in [2.24, 2.45) is 5.92 Å². The van der Waals surface area contributed by atoms with Gasteiger partial charge < -0.3 is 20.2 Å². The van der Waals surface area contributed by atoms with Crippen LogP contribution in [0.25, 0.3) is 0 Å². The predicted octanol–water partition coefficient (Wildman–Crippen LogP) is 1.42. The number of benzene rings is 1. The van der Waals surface area contributed by atoms with Gasteiger partial charge in [0.25, 0.3) is 5.91 Å². The van der Waals surface area contributed by atoms with Crippen molar-refractivity contribution in [3.63, 3.8) is 0 Å². The molecule has 1 unspecified atom stereocenters. The number of nitrogens with one attached hydrogen (secondary N) is 1. The smallest absolute Gasteiger partial charge is 0.326 e. The van der Waals surface area contributed by atoms with Crippen LogP contribution in [0.5, 0.6) is 0 Å². The van der Waals surface area contributed by atoms with Gasteiger partial charge >= 0.3 is 6.03 Å². The summed E-state index contributed by atoms with van der Waals surface area (Å²) in [6.45, 7) is 2.94. The van der Waals surface area contributed by atoms with Crippen LogP contribution in [0.4, 0.5) is 13.6 Å². The molecule has 1 fully saturated rings. The Morgan fingerprint density at radius 1 is 1.24 bits per heavy atom. The number of aliphatic hydroxyl groups is 1. The van der Waals surface area contributed by atoms with Crippen molar-refractivity contribution in [2.75, 3.05) is 20.3 Å². The minimum atomic E-state index is -1.51. The van der Waals surface area contributed by atoms with E-state index in [9.17, 15) is 33.1 Å². The van der Waals surface area contributed by atoms with Crippen molar-refractivity contribution in [1.29, 1.82) is 0 Å². The summed E-state index contributed by atoms with van der Waals surface area (Å²) < 4.78 is 27.1. The molecular formula is C22H22F2N4O5. The van der Waals surface area contributed by atoms with Gasteiger partial charge in [-0.05, 0) is 25.5 Å². The summed E-state index contributed by atoms with van der Waals surface area (Å²) in [4.78, 5) is 55.8. The third kappa shape index (κ3) is 3.53. The highest BCUT2D eigenvalue weighted by Gasteiger charge is 2.51. The van der Waals surface area contributed by atoms with E-state index in [0.29, 0.717) is 6.07 Å². The molecule has 0 saturated carbocycles. The average Bonchev–Trinajstić information content (AvgIpc) is 2.74. The molecule has 2 aliphatic heterocycles. The number of nitrogens with zero attached hydrogens (tertiary/aromatic N) is 3. The first-order valence-electron chi connectivity index (χ1n) is 10.3. The summed E-state index contributed by atoms with van der Waals surface area (Å²) in [5, 5.41) is 13.1. The number of amides is 4. The molecule has 9 nitrogen and oxygen atoms in total. The monoisotopic (exact) mass is 460 g/mol. The molecule has 2 heterocycles. The quantitative estimate of drug-likeness (QED) is 0.661. The minimum absolute atomic E-state index is 0.00380. The first-order valence-corrected chi connectivity index (χ1v) is 10.3. The fourth-order valence-electron chi connectivity index (χ4n) is 4.25. The summed E-state index contributed by atoms with van der Waals surface area (Å²) in [5.41, 5.74) is -0.0388. The molecule has 4 rings (SSSR count). The lowest BCUT2D eigenvalue weighted by atomic mass is 9.80. The van der Waals surface area contributed by atoms with Crippen molar-refractivity contribution < 1.29 is 33.1 Å². The molecule has 0 spiro atoms. The molecular weight excluding hydrogens is 438 g/mol. The van der Waals surface area contributed by atoms with Crippen LogP contribution in [0, 0.1) is 17.6 Å². The van der Waals surface area contributed by atoms with Gasteiger partial charge in [-0.1, -0.05) is 6.07 Å². The van der Waals surface area contributed by atoms with Crippen molar-refractivity contribution >= 4 is 23.6 Å². The van der Waals surface area contributed by atoms with E-state index in [1.165, 1.54) is 27.8 Å². The lowest BCUT2D eigenvalue weighted by Gasteiger charge is -2.47. The number of hydrogen-bond donors (Lipinski definition) is 2. The van der Waals surface area contributed by atoms with Crippen LogP contribution in [0.15, 0.2) is 40.8 Å². The number of rotatable bonds is 4. The van der Waals surface area contributed by atoms with Gasteiger partial charge in [0.2, 0.25) is 11.7 Å². The third-order valence-corrected chi connectivity index (χ3v) is 5.98. The average molecular weight is 460 g/mol. The second-order valence-corrected chi connectivity index (χ2v) is 8.43.